The van der Waals surface area contributed by atoms with Gasteiger partial charge >= 0.3 is 0 Å². The molecule has 1 N–H and O–H groups in total. The third-order valence-electron chi connectivity index (χ3n) is 2.92. The Morgan fingerprint density at radius 3 is 2.19 bits per heavy atom. The number of hydrogen-bond acceptors (Lipinski definition) is 5. The van der Waals surface area contributed by atoms with Crippen LogP contribution in [0.25, 0.3) is 0 Å². The van der Waals surface area contributed by atoms with Gasteiger partial charge in [-0.25, -0.2) is 0 Å². The zero-order valence-electron chi connectivity index (χ0n) is 12.4. The van der Waals surface area contributed by atoms with Crippen LogP contribution in [-0.4, -0.2) is 63.5 Å². The Balaban J connectivity index is 3.08. The zero-order chi connectivity index (χ0) is 15.8. The quantitative estimate of drug-likeness (QED) is 0.760. The fourth-order valence-electron chi connectivity index (χ4n) is 1.81. The van der Waals surface area contributed by atoms with Gasteiger partial charge in [0.2, 0.25) is 0 Å². The van der Waals surface area contributed by atoms with Gasteiger partial charge in [0.15, 0.2) is 0 Å². The molecule has 0 fully saturated rings. The van der Waals surface area contributed by atoms with Crippen LogP contribution in [0.5, 0.6) is 11.5 Å². The third-order valence-corrected chi connectivity index (χ3v) is 3.70. The van der Waals surface area contributed by atoms with E-state index in [-0.39, 0.29) is 19.1 Å². The summed E-state index contributed by atoms with van der Waals surface area (Å²) in [6.45, 7) is 0.927. The number of aliphatic hydroxyl groups is 1. The molecule has 0 aromatic heterocycles. The van der Waals surface area contributed by atoms with E-state index in [1.54, 1.807) is 19.2 Å². The normalized spacial score (nSPS) is 10.3. The lowest BCUT2D eigenvalue weighted by Crippen LogP contribution is -2.36. The molecule has 0 bridgehead atoms. The van der Waals surface area contributed by atoms with Gasteiger partial charge in [0, 0.05) is 25.8 Å². The van der Waals surface area contributed by atoms with Crippen molar-refractivity contribution in [2.24, 2.45) is 0 Å². The van der Waals surface area contributed by atoms with Gasteiger partial charge in [-0.05, 0) is 28.1 Å². The molecule has 0 heterocycles. The van der Waals surface area contributed by atoms with Gasteiger partial charge < -0.3 is 24.2 Å². The summed E-state index contributed by atoms with van der Waals surface area (Å²) in [5, 5.41) is 9.09. The summed E-state index contributed by atoms with van der Waals surface area (Å²) >= 11 is 3.36. The smallest absolute Gasteiger partial charge is 0.254 e. The Morgan fingerprint density at radius 2 is 1.76 bits per heavy atom. The van der Waals surface area contributed by atoms with E-state index in [2.05, 4.69) is 15.9 Å². The van der Waals surface area contributed by atoms with Crippen molar-refractivity contribution in [1.29, 1.82) is 0 Å². The number of carbonyl (C=O) groups excluding carboxylic acids is 1. The number of amides is 1. The first kappa shape index (κ1) is 17.7. The van der Waals surface area contributed by atoms with Crippen LogP contribution >= 0.6 is 15.9 Å². The van der Waals surface area contributed by atoms with Gasteiger partial charge in [0.05, 0.1) is 27.4 Å². The fourth-order valence-corrected chi connectivity index (χ4v) is 2.37. The lowest BCUT2D eigenvalue weighted by Gasteiger charge is -2.22. The molecule has 6 nitrogen and oxygen atoms in total. The second-order valence-corrected chi connectivity index (χ2v) is 5.00. The molecule has 1 aromatic rings. The maximum absolute atomic E-state index is 12.5. The highest BCUT2D eigenvalue weighted by Crippen LogP contribution is 2.35. The highest BCUT2D eigenvalue weighted by molar-refractivity contribution is 9.10. The second-order valence-electron chi connectivity index (χ2n) is 4.20. The summed E-state index contributed by atoms with van der Waals surface area (Å²) < 4.78 is 16.1. The van der Waals surface area contributed by atoms with Crippen molar-refractivity contribution < 1.29 is 24.1 Å². The maximum atomic E-state index is 12.5. The van der Waals surface area contributed by atoms with Crippen LogP contribution in [-0.2, 0) is 4.74 Å². The molecule has 0 unspecified atom stereocenters. The van der Waals surface area contributed by atoms with Gasteiger partial charge in [-0.3, -0.25) is 4.79 Å². The standard InChI is InChI=1S/C14H20BrNO5/c1-19-7-5-16(4-6-17)14(18)10-8-11(20-2)13(15)12(9-10)21-3/h8-9,17H,4-7H2,1-3H3. The number of nitrogens with zero attached hydrogens (tertiary/aromatic N) is 1. The van der Waals surface area contributed by atoms with Crippen LogP contribution in [0.1, 0.15) is 10.4 Å². The average molecular weight is 362 g/mol. The van der Waals surface area contributed by atoms with E-state index in [0.717, 1.165) is 0 Å². The lowest BCUT2D eigenvalue weighted by molar-refractivity contribution is 0.0656. The number of halogens is 1. The van der Waals surface area contributed by atoms with Crippen molar-refractivity contribution in [2.75, 3.05) is 47.6 Å². The first-order valence-corrected chi connectivity index (χ1v) is 7.18. The minimum atomic E-state index is -0.217. The molecule has 118 valence electrons. The van der Waals surface area contributed by atoms with Crippen LogP contribution in [0.3, 0.4) is 0 Å². The summed E-state index contributed by atoms with van der Waals surface area (Å²) in [7, 11) is 4.60. The number of rotatable bonds is 8. The minimum absolute atomic E-state index is 0.111. The Bertz CT molecular complexity index is 455. The molecule has 21 heavy (non-hydrogen) atoms. The number of hydrogen-bond donors (Lipinski definition) is 1. The second kappa shape index (κ2) is 8.86. The summed E-state index contributed by atoms with van der Waals surface area (Å²) in [6, 6.07) is 3.26. The van der Waals surface area contributed by atoms with Crippen molar-refractivity contribution in [1.82, 2.24) is 4.90 Å². The predicted octanol–water partition coefficient (Wildman–Crippen LogP) is 1.55. The molecule has 0 radical (unpaired) electrons. The molecule has 0 spiro atoms. The van der Waals surface area contributed by atoms with Crippen LogP contribution in [0.4, 0.5) is 0 Å². The van der Waals surface area contributed by atoms with Crippen molar-refractivity contribution in [3.63, 3.8) is 0 Å². The summed E-state index contributed by atoms with van der Waals surface area (Å²) in [4.78, 5) is 14.0. The van der Waals surface area contributed by atoms with E-state index in [1.165, 1.54) is 19.1 Å². The number of methoxy groups -OCH3 is 3. The van der Waals surface area contributed by atoms with Gasteiger partial charge in [-0.2, -0.15) is 0 Å². The van der Waals surface area contributed by atoms with Crippen LogP contribution in [0, 0.1) is 0 Å². The van der Waals surface area contributed by atoms with E-state index in [4.69, 9.17) is 19.3 Å². The summed E-state index contributed by atoms with van der Waals surface area (Å²) in [6.07, 6.45) is 0. The zero-order valence-corrected chi connectivity index (χ0v) is 14.0. The Kier molecular flexibility index (Phi) is 7.49. The van der Waals surface area contributed by atoms with Crippen LogP contribution in [0.15, 0.2) is 16.6 Å². The molecule has 1 aromatic carbocycles. The van der Waals surface area contributed by atoms with Crippen molar-refractivity contribution >= 4 is 21.8 Å². The molecule has 0 aliphatic heterocycles. The molecule has 0 aliphatic carbocycles. The minimum Gasteiger partial charge on any atom is -0.495 e. The Hall–Kier alpha value is -1.31. The van der Waals surface area contributed by atoms with Crippen molar-refractivity contribution in [2.45, 2.75) is 0 Å². The molecular formula is C14H20BrNO5. The predicted molar refractivity (Wildman–Crippen MR) is 82.1 cm³/mol. The average Bonchev–Trinajstić information content (AvgIpc) is 2.51. The van der Waals surface area contributed by atoms with E-state index in [1.807, 2.05) is 0 Å². The van der Waals surface area contributed by atoms with Crippen LogP contribution in [0.2, 0.25) is 0 Å². The van der Waals surface area contributed by atoms with Gasteiger partial charge in [-0.15, -0.1) is 0 Å². The van der Waals surface area contributed by atoms with Crippen molar-refractivity contribution in [3.8, 4) is 11.5 Å². The fraction of sp³-hybridized carbons (Fsp3) is 0.500. The van der Waals surface area contributed by atoms with E-state index in [0.29, 0.717) is 34.7 Å². The summed E-state index contributed by atoms with van der Waals surface area (Å²) in [5.74, 6) is 0.798. The van der Waals surface area contributed by atoms with Crippen LogP contribution < -0.4 is 9.47 Å². The molecule has 0 aliphatic rings. The van der Waals surface area contributed by atoms with E-state index < -0.39 is 0 Å². The van der Waals surface area contributed by atoms with Gasteiger partial charge in [0.1, 0.15) is 16.0 Å². The summed E-state index contributed by atoms with van der Waals surface area (Å²) in [5.41, 5.74) is 0.427. The Morgan fingerprint density at radius 1 is 1.19 bits per heavy atom. The highest BCUT2D eigenvalue weighted by atomic mass is 79.9. The first-order chi connectivity index (χ1) is 10.1. The maximum Gasteiger partial charge on any atom is 0.254 e. The number of aliphatic hydroxyl groups excluding tert-OH is 1. The Labute approximate surface area is 132 Å². The number of benzene rings is 1. The molecule has 7 heteroatoms. The highest BCUT2D eigenvalue weighted by Gasteiger charge is 2.19. The number of carbonyl (C=O) groups is 1. The lowest BCUT2D eigenvalue weighted by atomic mass is 10.1. The molecular weight excluding hydrogens is 342 g/mol. The molecule has 1 rings (SSSR count). The first-order valence-electron chi connectivity index (χ1n) is 6.39. The SMILES string of the molecule is COCCN(CCO)C(=O)c1cc(OC)c(Br)c(OC)c1. The topological polar surface area (TPSA) is 68.2 Å². The molecule has 0 saturated heterocycles. The van der Waals surface area contributed by atoms with E-state index >= 15 is 0 Å². The van der Waals surface area contributed by atoms with Crippen molar-refractivity contribution in [3.05, 3.63) is 22.2 Å². The van der Waals surface area contributed by atoms with Gasteiger partial charge in [-0.1, -0.05) is 0 Å². The number of ether oxygens (including phenoxy) is 3. The van der Waals surface area contributed by atoms with Gasteiger partial charge in [0.25, 0.3) is 5.91 Å². The molecule has 0 saturated carbocycles. The third kappa shape index (κ3) is 4.59. The van der Waals surface area contributed by atoms with E-state index in [9.17, 15) is 4.79 Å². The largest absolute Gasteiger partial charge is 0.495 e. The monoisotopic (exact) mass is 361 g/mol. The molecule has 1 amide bonds. The molecule has 0 atom stereocenters.